The summed E-state index contributed by atoms with van der Waals surface area (Å²) in [5.41, 5.74) is 4.40. The van der Waals surface area contributed by atoms with Gasteiger partial charge in [0.2, 0.25) is 0 Å². The Morgan fingerprint density at radius 3 is 1.91 bits per heavy atom. The van der Waals surface area contributed by atoms with Crippen LogP contribution >= 0.6 is 15.9 Å². The summed E-state index contributed by atoms with van der Waals surface area (Å²) < 4.78 is 6.99. The van der Waals surface area contributed by atoms with Crippen LogP contribution < -0.4 is 0 Å². The van der Waals surface area contributed by atoms with Gasteiger partial charge in [-0.1, -0.05) is 66.7 Å². The van der Waals surface area contributed by atoms with Crippen molar-refractivity contribution in [1.29, 1.82) is 0 Å². The average molecular weight is 349 g/mol. The van der Waals surface area contributed by atoms with Gasteiger partial charge in [-0.05, 0) is 39.2 Å². The summed E-state index contributed by atoms with van der Waals surface area (Å²) in [7, 11) is 0. The smallest absolute Gasteiger partial charge is 0.149 e. The predicted molar refractivity (Wildman–Crippen MR) is 94.8 cm³/mol. The van der Waals surface area contributed by atoms with Crippen molar-refractivity contribution in [3.8, 4) is 22.5 Å². The summed E-state index contributed by atoms with van der Waals surface area (Å²) in [6.45, 7) is 0. The largest absolute Gasteiger partial charge is 0.455 e. The zero-order chi connectivity index (χ0) is 14.9. The number of para-hydroxylation sites is 1. The second-order valence-corrected chi connectivity index (χ2v) is 5.98. The van der Waals surface area contributed by atoms with Crippen LogP contribution in [0.5, 0.6) is 0 Å². The average Bonchev–Trinajstić information content (AvgIpc) is 2.93. The molecule has 0 N–H and O–H groups in total. The number of fused-ring (bicyclic) bond motifs is 1. The van der Waals surface area contributed by atoms with Crippen LogP contribution in [0.2, 0.25) is 0 Å². The van der Waals surface area contributed by atoms with Crippen molar-refractivity contribution in [2.45, 2.75) is 0 Å². The Kier molecular flexibility index (Phi) is 3.32. The molecule has 0 aliphatic carbocycles. The van der Waals surface area contributed by atoms with E-state index in [2.05, 4.69) is 70.5 Å². The molecule has 0 amide bonds. The third-order valence-electron chi connectivity index (χ3n) is 3.79. The first-order chi connectivity index (χ1) is 10.8. The molecular weight excluding hydrogens is 336 g/mol. The first-order valence-corrected chi connectivity index (χ1v) is 7.95. The van der Waals surface area contributed by atoms with Crippen LogP contribution in [0.15, 0.2) is 87.8 Å². The summed E-state index contributed by atoms with van der Waals surface area (Å²) in [5, 5.41) is 1.10. The van der Waals surface area contributed by atoms with Crippen LogP contribution in [-0.2, 0) is 0 Å². The van der Waals surface area contributed by atoms with Crippen LogP contribution in [-0.4, -0.2) is 0 Å². The second kappa shape index (κ2) is 5.47. The van der Waals surface area contributed by atoms with E-state index >= 15 is 0 Å². The van der Waals surface area contributed by atoms with Crippen LogP contribution in [0.4, 0.5) is 0 Å². The van der Waals surface area contributed by atoms with Crippen molar-refractivity contribution < 1.29 is 4.42 Å². The number of hydrogen-bond acceptors (Lipinski definition) is 1. The van der Waals surface area contributed by atoms with Gasteiger partial charge >= 0.3 is 0 Å². The number of benzene rings is 3. The first kappa shape index (κ1) is 13.4. The highest BCUT2D eigenvalue weighted by molar-refractivity contribution is 9.10. The third kappa shape index (κ3) is 2.26. The van der Waals surface area contributed by atoms with Gasteiger partial charge in [-0.15, -0.1) is 0 Å². The van der Waals surface area contributed by atoms with Gasteiger partial charge in [0, 0.05) is 10.9 Å². The molecule has 106 valence electrons. The van der Waals surface area contributed by atoms with Gasteiger partial charge in [-0.2, -0.15) is 0 Å². The fraction of sp³-hybridized carbons (Fsp3) is 0. The van der Waals surface area contributed by atoms with E-state index in [1.165, 1.54) is 11.1 Å². The van der Waals surface area contributed by atoms with Crippen molar-refractivity contribution in [3.05, 3.63) is 83.3 Å². The molecule has 0 bridgehead atoms. The fourth-order valence-corrected chi connectivity index (χ4v) is 3.28. The fourth-order valence-electron chi connectivity index (χ4n) is 2.64. The molecule has 4 rings (SSSR count). The van der Waals surface area contributed by atoms with E-state index in [-0.39, 0.29) is 0 Å². The molecule has 0 aliphatic heterocycles. The maximum atomic E-state index is 5.98. The highest BCUT2D eigenvalue weighted by atomic mass is 79.9. The minimum atomic E-state index is 0.876. The molecule has 0 spiro atoms. The molecule has 0 saturated heterocycles. The molecule has 0 aliphatic rings. The Balaban J connectivity index is 1.78. The van der Waals surface area contributed by atoms with Crippen molar-refractivity contribution in [1.82, 2.24) is 0 Å². The second-order valence-electron chi connectivity index (χ2n) is 5.18. The molecule has 1 heterocycles. The molecule has 0 atom stereocenters. The highest BCUT2D eigenvalue weighted by Crippen LogP contribution is 2.38. The number of rotatable bonds is 2. The molecule has 4 aromatic rings. The van der Waals surface area contributed by atoms with Gasteiger partial charge in [0.25, 0.3) is 0 Å². The lowest BCUT2D eigenvalue weighted by molar-refractivity contribution is 0.630. The zero-order valence-electron chi connectivity index (χ0n) is 11.8. The lowest BCUT2D eigenvalue weighted by Gasteiger charge is -2.03. The molecule has 0 saturated carbocycles. The van der Waals surface area contributed by atoms with Crippen molar-refractivity contribution in [2.24, 2.45) is 0 Å². The van der Waals surface area contributed by atoms with Gasteiger partial charge in [-0.3, -0.25) is 0 Å². The highest BCUT2D eigenvalue weighted by Gasteiger charge is 2.13. The molecule has 0 radical (unpaired) electrons. The maximum absolute atomic E-state index is 5.98. The Bertz CT molecular complexity index is 921. The lowest BCUT2D eigenvalue weighted by Crippen LogP contribution is -1.79. The minimum absolute atomic E-state index is 0.876. The van der Waals surface area contributed by atoms with Gasteiger partial charge in [0.1, 0.15) is 11.3 Å². The summed E-state index contributed by atoms with van der Waals surface area (Å²) in [6.07, 6.45) is 0. The van der Waals surface area contributed by atoms with Gasteiger partial charge < -0.3 is 4.42 Å². The minimum Gasteiger partial charge on any atom is -0.455 e. The Hall–Kier alpha value is -2.32. The van der Waals surface area contributed by atoms with E-state index in [0.717, 1.165) is 26.8 Å². The van der Waals surface area contributed by atoms with E-state index in [4.69, 9.17) is 4.42 Å². The number of hydrogen-bond donors (Lipinski definition) is 0. The Morgan fingerprint density at radius 1 is 0.591 bits per heavy atom. The van der Waals surface area contributed by atoms with Crippen molar-refractivity contribution >= 4 is 26.9 Å². The SMILES string of the molecule is Brc1c(-c2ccc(-c3ccccc3)cc2)oc2ccccc12. The normalized spacial score (nSPS) is 11.0. The van der Waals surface area contributed by atoms with Crippen molar-refractivity contribution in [2.75, 3.05) is 0 Å². The molecule has 1 aromatic heterocycles. The topological polar surface area (TPSA) is 13.1 Å². The quantitative estimate of drug-likeness (QED) is 0.401. The number of halogens is 1. The zero-order valence-corrected chi connectivity index (χ0v) is 13.4. The molecular formula is C20H13BrO. The summed E-state index contributed by atoms with van der Waals surface area (Å²) in [6, 6.07) is 26.9. The van der Waals surface area contributed by atoms with E-state index in [0.29, 0.717) is 0 Å². The number of furan rings is 1. The van der Waals surface area contributed by atoms with Crippen LogP contribution in [0.3, 0.4) is 0 Å². The van der Waals surface area contributed by atoms with Crippen molar-refractivity contribution in [3.63, 3.8) is 0 Å². The molecule has 1 nitrogen and oxygen atoms in total. The summed E-state index contributed by atoms with van der Waals surface area (Å²) in [5.74, 6) is 0.876. The summed E-state index contributed by atoms with van der Waals surface area (Å²) in [4.78, 5) is 0. The van der Waals surface area contributed by atoms with Gasteiger partial charge in [0.05, 0.1) is 4.47 Å². The summed E-state index contributed by atoms with van der Waals surface area (Å²) >= 11 is 3.66. The lowest BCUT2D eigenvalue weighted by atomic mass is 10.0. The maximum Gasteiger partial charge on any atom is 0.149 e. The van der Waals surface area contributed by atoms with E-state index < -0.39 is 0 Å². The molecule has 22 heavy (non-hydrogen) atoms. The standard InChI is InChI=1S/C20H13BrO/c21-19-17-8-4-5-9-18(17)22-20(19)16-12-10-15(11-13-16)14-6-2-1-3-7-14/h1-13H. The molecule has 0 unspecified atom stereocenters. The first-order valence-electron chi connectivity index (χ1n) is 7.16. The molecule has 0 fully saturated rings. The van der Waals surface area contributed by atoms with Crippen LogP contribution in [0, 0.1) is 0 Å². The monoisotopic (exact) mass is 348 g/mol. The van der Waals surface area contributed by atoms with E-state index in [1.807, 2.05) is 24.3 Å². The van der Waals surface area contributed by atoms with Crippen LogP contribution in [0.25, 0.3) is 33.4 Å². The predicted octanol–water partition coefficient (Wildman–Crippen LogP) is 6.53. The Labute approximate surface area is 137 Å². The third-order valence-corrected chi connectivity index (χ3v) is 4.58. The van der Waals surface area contributed by atoms with Gasteiger partial charge in [-0.25, -0.2) is 0 Å². The Morgan fingerprint density at radius 2 is 1.18 bits per heavy atom. The molecule has 3 aromatic carbocycles. The van der Waals surface area contributed by atoms with E-state index in [1.54, 1.807) is 0 Å². The van der Waals surface area contributed by atoms with Gasteiger partial charge in [0.15, 0.2) is 0 Å². The molecule has 2 heteroatoms. The van der Waals surface area contributed by atoms with E-state index in [9.17, 15) is 0 Å². The van der Waals surface area contributed by atoms with Crippen LogP contribution in [0.1, 0.15) is 0 Å².